The fourth-order valence-corrected chi connectivity index (χ4v) is 2.20. The number of nitriles is 1. The van der Waals surface area contributed by atoms with Crippen LogP contribution in [-0.4, -0.2) is 37.0 Å². The Labute approximate surface area is 152 Å². The van der Waals surface area contributed by atoms with Gasteiger partial charge in [-0.05, 0) is 31.2 Å². The van der Waals surface area contributed by atoms with Gasteiger partial charge in [0.15, 0.2) is 6.10 Å². The van der Waals surface area contributed by atoms with E-state index in [1.54, 1.807) is 69.6 Å². The van der Waals surface area contributed by atoms with Gasteiger partial charge in [0.25, 0.3) is 5.91 Å². The van der Waals surface area contributed by atoms with Crippen LogP contribution in [0.5, 0.6) is 5.75 Å². The lowest BCUT2D eigenvalue weighted by molar-refractivity contribution is -0.165. The van der Waals surface area contributed by atoms with Gasteiger partial charge in [-0.25, -0.2) is 4.79 Å². The highest BCUT2D eigenvalue weighted by Crippen LogP contribution is 2.21. The molecule has 0 N–H and O–H groups in total. The summed E-state index contributed by atoms with van der Waals surface area (Å²) in [5.41, 5.74) is 1.08. The van der Waals surface area contributed by atoms with Crippen molar-refractivity contribution in [1.82, 2.24) is 4.90 Å². The number of benzene rings is 2. The molecule has 0 aliphatic rings. The lowest BCUT2D eigenvalue weighted by Gasteiger charge is -2.23. The molecule has 2 atom stereocenters. The van der Waals surface area contributed by atoms with Crippen molar-refractivity contribution in [3.8, 4) is 11.8 Å². The molecule has 0 unspecified atom stereocenters. The maximum atomic E-state index is 12.4. The molecule has 0 saturated heterocycles. The molecule has 0 aliphatic carbocycles. The highest BCUT2D eigenvalue weighted by molar-refractivity contribution is 5.85. The van der Waals surface area contributed by atoms with Crippen molar-refractivity contribution in [1.29, 1.82) is 5.26 Å². The predicted octanol–water partition coefficient (Wildman–Crippen LogP) is 2.70. The Morgan fingerprint density at radius 2 is 1.65 bits per heavy atom. The zero-order valence-electron chi connectivity index (χ0n) is 14.9. The molecule has 0 fully saturated rings. The highest BCUT2D eigenvalue weighted by Gasteiger charge is 2.29. The number of amides is 1. The van der Waals surface area contributed by atoms with Gasteiger partial charge in [0, 0.05) is 19.7 Å². The third-order valence-corrected chi connectivity index (χ3v) is 3.63. The van der Waals surface area contributed by atoms with Gasteiger partial charge in [-0.3, -0.25) is 4.79 Å². The van der Waals surface area contributed by atoms with E-state index in [0.29, 0.717) is 16.9 Å². The summed E-state index contributed by atoms with van der Waals surface area (Å²) in [6, 6.07) is 17.2. The van der Waals surface area contributed by atoms with Crippen molar-refractivity contribution in [2.45, 2.75) is 19.1 Å². The summed E-state index contributed by atoms with van der Waals surface area (Å²) in [6.07, 6.45) is -1.95. The van der Waals surface area contributed by atoms with E-state index in [4.69, 9.17) is 14.7 Å². The van der Waals surface area contributed by atoms with Crippen LogP contribution in [0.2, 0.25) is 0 Å². The van der Waals surface area contributed by atoms with Crippen LogP contribution in [0.15, 0.2) is 54.6 Å². The number of hydrogen-bond acceptors (Lipinski definition) is 5. The molecular formula is C20H20N2O4. The third-order valence-electron chi connectivity index (χ3n) is 3.63. The van der Waals surface area contributed by atoms with Crippen molar-refractivity contribution >= 4 is 11.9 Å². The smallest absolute Gasteiger partial charge is 0.348 e. The molecule has 1 amide bonds. The second-order valence-electron chi connectivity index (χ2n) is 5.86. The van der Waals surface area contributed by atoms with Gasteiger partial charge in [0.05, 0.1) is 11.6 Å². The summed E-state index contributed by atoms with van der Waals surface area (Å²) in [7, 11) is 3.20. The van der Waals surface area contributed by atoms with Crippen LogP contribution in [0.4, 0.5) is 0 Å². The number of hydrogen-bond donors (Lipinski definition) is 0. The molecule has 0 saturated carbocycles. The average Bonchev–Trinajstić information content (AvgIpc) is 2.66. The lowest BCUT2D eigenvalue weighted by Crippen LogP contribution is -2.35. The molecule has 0 spiro atoms. The molecule has 0 bridgehead atoms. The normalized spacial score (nSPS) is 12.4. The minimum Gasteiger partial charge on any atom is -0.479 e. The fourth-order valence-electron chi connectivity index (χ4n) is 2.20. The zero-order valence-corrected chi connectivity index (χ0v) is 14.9. The molecule has 2 aromatic carbocycles. The number of carbonyl (C=O) groups excluding carboxylic acids is 2. The molecule has 0 aliphatic heterocycles. The van der Waals surface area contributed by atoms with Crippen molar-refractivity contribution in [2.24, 2.45) is 0 Å². The first kappa shape index (κ1) is 19.0. The summed E-state index contributed by atoms with van der Waals surface area (Å²) in [4.78, 5) is 26.2. The molecule has 26 heavy (non-hydrogen) atoms. The highest BCUT2D eigenvalue weighted by atomic mass is 16.6. The Hall–Kier alpha value is -3.33. The number of likely N-dealkylation sites (N-methyl/N-ethyl adjacent to an activating group) is 1. The van der Waals surface area contributed by atoms with Gasteiger partial charge in [-0.2, -0.15) is 5.26 Å². The van der Waals surface area contributed by atoms with Crippen LogP contribution in [0, 0.1) is 11.3 Å². The van der Waals surface area contributed by atoms with E-state index in [9.17, 15) is 9.59 Å². The first-order chi connectivity index (χ1) is 12.4. The maximum absolute atomic E-state index is 12.4. The van der Waals surface area contributed by atoms with Crippen LogP contribution < -0.4 is 4.74 Å². The van der Waals surface area contributed by atoms with E-state index in [1.807, 2.05) is 12.1 Å². The Morgan fingerprint density at radius 3 is 2.19 bits per heavy atom. The largest absolute Gasteiger partial charge is 0.479 e. The molecular weight excluding hydrogens is 332 g/mol. The van der Waals surface area contributed by atoms with Gasteiger partial charge in [0.2, 0.25) is 6.10 Å². The average molecular weight is 352 g/mol. The van der Waals surface area contributed by atoms with E-state index < -0.39 is 18.2 Å². The molecule has 0 aromatic heterocycles. The monoisotopic (exact) mass is 352 g/mol. The molecule has 0 radical (unpaired) electrons. The Kier molecular flexibility index (Phi) is 6.34. The first-order valence-electron chi connectivity index (χ1n) is 8.05. The summed E-state index contributed by atoms with van der Waals surface area (Å²) >= 11 is 0. The summed E-state index contributed by atoms with van der Waals surface area (Å²) in [6.45, 7) is 1.54. The van der Waals surface area contributed by atoms with Gasteiger partial charge >= 0.3 is 5.97 Å². The minimum absolute atomic E-state index is 0.338. The Balaban J connectivity index is 2.10. The quantitative estimate of drug-likeness (QED) is 0.747. The Bertz CT molecular complexity index is 795. The van der Waals surface area contributed by atoms with E-state index in [2.05, 4.69) is 0 Å². The lowest BCUT2D eigenvalue weighted by atomic mass is 10.1. The summed E-state index contributed by atoms with van der Waals surface area (Å²) in [5, 5.41) is 8.80. The topological polar surface area (TPSA) is 79.6 Å². The first-order valence-corrected chi connectivity index (χ1v) is 8.05. The van der Waals surface area contributed by atoms with E-state index in [0.717, 1.165) is 0 Å². The van der Waals surface area contributed by atoms with E-state index in [1.165, 1.54) is 4.90 Å². The molecule has 2 aromatic rings. The van der Waals surface area contributed by atoms with Crippen LogP contribution in [0.25, 0.3) is 0 Å². The summed E-state index contributed by atoms with van der Waals surface area (Å²) < 4.78 is 11.0. The second kappa shape index (κ2) is 8.67. The van der Waals surface area contributed by atoms with Crippen molar-refractivity contribution in [3.63, 3.8) is 0 Å². The van der Waals surface area contributed by atoms with Crippen LogP contribution in [-0.2, 0) is 14.3 Å². The predicted molar refractivity (Wildman–Crippen MR) is 95.2 cm³/mol. The zero-order chi connectivity index (χ0) is 19.1. The van der Waals surface area contributed by atoms with Crippen molar-refractivity contribution < 1.29 is 19.1 Å². The fraction of sp³-hybridized carbons (Fsp3) is 0.250. The van der Waals surface area contributed by atoms with Crippen LogP contribution in [0.3, 0.4) is 0 Å². The van der Waals surface area contributed by atoms with E-state index >= 15 is 0 Å². The van der Waals surface area contributed by atoms with Crippen LogP contribution in [0.1, 0.15) is 24.2 Å². The number of ether oxygens (including phenoxy) is 2. The second-order valence-corrected chi connectivity index (χ2v) is 5.86. The molecule has 2 rings (SSSR count). The van der Waals surface area contributed by atoms with Crippen molar-refractivity contribution in [2.75, 3.05) is 14.1 Å². The molecule has 0 heterocycles. The molecule has 6 nitrogen and oxygen atoms in total. The van der Waals surface area contributed by atoms with Crippen molar-refractivity contribution in [3.05, 3.63) is 65.7 Å². The summed E-state index contributed by atoms with van der Waals surface area (Å²) in [5.74, 6) is -0.558. The number of esters is 1. The minimum atomic E-state index is -1.04. The molecule has 134 valence electrons. The van der Waals surface area contributed by atoms with Gasteiger partial charge in [0.1, 0.15) is 5.75 Å². The van der Waals surface area contributed by atoms with Crippen LogP contribution >= 0.6 is 0 Å². The van der Waals surface area contributed by atoms with E-state index in [-0.39, 0.29) is 5.91 Å². The maximum Gasteiger partial charge on any atom is 0.348 e. The Morgan fingerprint density at radius 1 is 1.04 bits per heavy atom. The SMILES string of the molecule is C[C@H](Oc1ccc(C#N)cc1)C(=O)O[C@H](C(=O)N(C)C)c1ccccc1. The van der Waals surface area contributed by atoms with Gasteiger partial charge in [-0.1, -0.05) is 30.3 Å². The third kappa shape index (κ3) is 4.84. The molecule has 6 heteroatoms. The van der Waals surface area contributed by atoms with Gasteiger partial charge in [-0.15, -0.1) is 0 Å². The number of nitrogens with zero attached hydrogens (tertiary/aromatic N) is 2. The number of carbonyl (C=O) groups is 2. The number of rotatable bonds is 6. The van der Waals surface area contributed by atoms with Gasteiger partial charge < -0.3 is 14.4 Å². The standard InChI is InChI=1S/C20H20N2O4/c1-14(25-17-11-9-15(13-21)10-12-17)20(24)26-18(19(23)22(2)3)16-7-5-4-6-8-16/h4-12,14,18H,1-3H3/t14-,18-/m0/s1.